The average molecular weight is 464 g/mol. The SMILES string of the molecule is CC(=O)NCCNc1cc(-c2ccnc(Nc3cccc(OC(F)(F)C(F)F)c3)n2)ccn1. The standard InChI is InChI=1S/C21H20F4N6O2/c1-13(32)26-9-10-28-18-11-14(5-7-27-18)17-6-8-29-20(31-17)30-15-3-2-4-16(12-15)33-21(24,25)19(22)23/h2-8,11-12,19H,9-10H2,1H3,(H,26,32)(H,27,28)(H,29,30,31). The number of alkyl halides is 4. The zero-order valence-electron chi connectivity index (χ0n) is 17.4. The number of anilines is 3. The summed E-state index contributed by atoms with van der Waals surface area (Å²) in [5.74, 6) is 0.169. The number of carbonyl (C=O) groups excluding carboxylic acids is 1. The highest BCUT2D eigenvalue weighted by Gasteiger charge is 2.44. The van der Waals surface area contributed by atoms with Crippen molar-refractivity contribution in [2.75, 3.05) is 23.7 Å². The second-order valence-corrected chi connectivity index (χ2v) is 6.72. The van der Waals surface area contributed by atoms with E-state index in [1.807, 2.05) is 0 Å². The maximum Gasteiger partial charge on any atom is 0.461 e. The molecule has 0 saturated carbocycles. The lowest BCUT2D eigenvalue weighted by atomic mass is 10.2. The van der Waals surface area contributed by atoms with Gasteiger partial charge in [0.1, 0.15) is 11.6 Å². The number of benzene rings is 1. The lowest BCUT2D eigenvalue weighted by molar-refractivity contribution is -0.253. The Morgan fingerprint density at radius 3 is 2.64 bits per heavy atom. The van der Waals surface area contributed by atoms with Crippen LogP contribution in [0.25, 0.3) is 11.3 Å². The monoisotopic (exact) mass is 464 g/mol. The maximum absolute atomic E-state index is 13.2. The Morgan fingerprint density at radius 1 is 1.09 bits per heavy atom. The van der Waals surface area contributed by atoms with E-state index in [0.717, 1.165) is 17.7 Å². The smallest absolute Gasteiger partial charge is 0.428 e. The van der Waals surface area contributed by atoms with Gasteiger partial charge in [-0.1, -0.05) is 6.07 Å². The molecule has 0 fully saturated rings. The van der Waals surface area contributed by atoms with Crippen molar-refractivity contribution >= 4 is 23.4 Å². The van der Waals surface area contributed by atoms with Crippen LogP contribution in [-0.4, -0.2) is 46.5 Å². The molecule has 0 atom stereocenters. The van der Waals surface area contributed by atoms with E-state index >= 15 is 0 Å². The summed E-state index contributed by atoms with van der Waals surface area (Å²) in [5, 5.41) is 8.58. The van der Waals surface area contributed by atoms with Gasteiger partial charge in [-0.2, -0.15) is 17.6 Å². The van der Waals surface area contributed by atoms with Crippen molar-refractivity contribution in [1.82, 2.24) is 20.3 Å². The Morgan fingerprint density at radius 2 is 1.88 bits per heavy atom. The van der Waals surface area contributed by atoms with E-state index in [1.54, 1.807) is 24.4 Å². The van der Waals surface area contributed by atoms with Crippen LogP contribution in [0.2, 0.25) is 0 Å². The molecular formula is C21H20F4N6O2. The third-order valence-corrected chi connectivity index (χ3v) is 4.11. The van der Waals surface area contributed by atoms with Crippen molar-refractivity contribution in [1.29, 1.82) is 0 Å². The Balaban J connectivity index is 1.70. The van der Waals surface area contributed by atoms with Crippen molar-refractivity contribution in [3.05, 3.63) is 54.9 Å². The van der Waals surface area contributed by atoms with Gasteiger partial charge in [0.2, 0.25) is 11.9 Å². The molecule has 3 aromatic rings. The zero-order chi connectivity index (χ0) is 23.8. The number of nitrogens with one attached hydrogen (secondary N) is 3. The number of rotatable bonds is 10. The number of hydrogen-bond donors (Lipinski definition) is 3. The number of ether oxygens (including phenoxy) is 1. The molecule has 0 aliphatic rings. The van der Waals surface area contributed by atoms with Crippen LogP contribution < -0.4 is 20.7 Å². The highest BCUT2D eigenvalue weighted by Crippen LogP contribution is 2.29. The fourth-order valence-corrected chi connectivity index (χ4v) is 2.66. The largest absolute Gasteiger partial charge is 0.461 e. The number of pyridine rings is 1. The van der Waals surface area contributed by atoms with Crippen LogP contribution in [0, 0.1) is 0 Å². The summed E-state index contributed by atoms with van der Waals surface area (Å²) in [6.07, 6.45) is -5.47. The van der Waals surface area contributed by atoms with Gasteiger partial charge in [0.15, 0.2) is 0 Å². The van der Waals surface area contributed by atoms with E-state index in [0.29, 0.717) is 24.6 Å². The van der Waals surface area contributed by atoms with E-state index in [2.05, 4.69) is 35.6 Å². The summed E-state index contributed by atoms with van der Waals surface area (Å²) < 4.78 is 55.1. The van der Waals surface area contributed by atoms with Crippen LogP contribution in [0.15, 0.2) is 54.9 Å². The number of nitrogens with zero attached hydrogens (tertiary/aromatic N) is 3. The fraction of sp³-hybridized carbons (Fsp3) is 0.238. The molecule has 0 aliphatic carbocycles. The number of halogens is 4. The van der Waals surface area contributed by atoms with Gasteiger partial charge in [-0.15, -0.1) is 0 Å². The Bertz CT molecular complexity index is 1100. The molecule has 0 radical (unpaired) electrons. The lowest BCUT2D eigenvalue weighted by Gasteiger charge is -2.17. The van der Waals surface area contributed by atoms with Gasteiger partial charge in [0, 0.05) is 49.7 Å². The van der Waals surface area contributed by atoms with Gasteiger partial charge in [0.05, 0.1) is 5.69 Å². The third kappa shape index (κ3) is 7.02. The Kier molecular flexibility index (Phi) is 7.59. The topological polar surface area (TPSA) is 101 Å². The number of amides is 1. The van der Waals surface area contributed by atoms with E-state index in [4.69, 9.17) is 0 Å². The first-order chi connectivity index (χ1) is 15.7. The molecule has 1 amide bonds. The predicted molar refractivity (Wildman–Crippen MR) is 114 cm³/mol. The van der Waals surface area contributed by atoms with Crippen molar-refractivity contribution < 1.29 is 27.1 Å². The van der Waals surface area contributed by atoms with Crippen LogP contribution in [0.3, 0.4) is 0 Å². The van der Waals surface area contributed by atoms with Crippen molar-refractivity contribution in [3.63, 3.8) is 0 Å². The molecule has 33 heavy (non-hydrogen) atoms. The quantitative estimate of drug-likeness (QED) is 0.307. The van der Waals surface area contributed by atoms with Crippen LogP contribution in [0.5, 0.6) is 5.75 Å². The average Bonchev–Trinajstić information content (AvgIpc) is 2.77. The molecule has 174 valence electrons. The molecule has 3 N–H and O–H groups in total. The summed E-state index contributed by atoms with van der Waals surface area (Å²) in [7, 11) is 0. The van der Waals surface area contributed by atoms with E-state index in [-0.39, 0.29) is 17.5 Å². The molecule has 8 nitrogen and oxygen atoms in total. The van der Waals surface area contributed by atoms with Crippen LogP contribution >= 0.6 is 0 Å². The first kappa shape index (κ1) is 23.7. The Hall–Kier alpha value is -3.96. The van der Waals surface area contributed by atoms with Gasteiger partial charge < -0.3 is 20.7 Å². The Labute approximate surface area is 186 Å². The predicted octanol–water partition coefficient (Wildman–Crippen LogP) is 4.07. The molecule has 0 bridgehead atoms. The van der Waals surface area contributed by atoms with Crippen molar-refractivity contribution in [2.45, 2.75) is 19.5 Å². The fourth-order valence-electron chi connectivity index (χ4n) is 2.66. The van der Waals surface area contributed by atoms with Crippen LogP contribution in [0.4, 0.5) is 35.0 Å². The van der Waals surface area contributed by atoms with Crippen molar-refractivity contribution in [3.8, 4) is 17.0 Å². The number of hydrogen-bond acceptors (Lipinski definition) is 7. The number of aromatic nitrogens is 3. The highest BCUT2D eigenvalue weighted by atomic mass is 19.3. The molecule has 3 rings (SSSR count). The van der Waals surface area contributed by atoms with Gasteiger partial charge in [0.25, 0.3) is 0 Å². The second-order valence-electron chi connectivity index (χ2n) is 6.72. The minimum Gasteiger partial charge on any atom is -0.428 e. The normalized spacial score (nSPS) is 11.2. The highest BCUT2D eigenvalue weighted by molar-refractivity contribution is 5.72. The minimum atomic E-state index is -4.61. The molecule has 0 spiro atoms. The molecular weight excluding hydrogens is 444 g/mol. The van der Waals surface area contributed by atoms with Gasteiger partial charge in [-0.25, -0.2) is 15.0 Å². The van der Waals surface area contributed by atoms with Crippen LogP contribution in [-0.2, 0) is 4.79 Å². The van der Waals surface area contributed by atoms with Gasteiger partial charge in [-0.3, -0.25) is 4.79 Å². The summed E-state index contributed by atoms with van der Waals surface area (Å²) in [6.45, 7) is 2.35. The summed E-state index contributed by atoms with van der Waals surface area (Å²) in [5.41, 5.74) is 1.55. The first-order valence-corrected chi connectivity index (χ1v) is 9.73. The minimum absolute atomic E-state index is 0.126. The summed E-state index contributed by atoms with van der Waals surface area (Å²) >= 11 is 0. The van der Waals surface area contributed by atoms with E-state index in [9.17, 15) is 22.4 Å². The van der Waals surface area contributed by atoms with E-state index in [1.165, 1.54) is 25.3 Å². The van der Waals surface area contributed by atoms with Gasteiger partial charge in [-0.05, 0) is 30.3 Å². The van der Waals surface area contributed by atoms with Gasteiger partial charge >= 0.3 is 12.5 Å². The molecule has 0 unspecified atom stereocenters. The summed E-state index contributed by atoms with van der Waals surface area (Å²) in [4.78, 5) is 23.6. The second kappa shape index (κ2) is 10.6. The lowest BCUT2D eigenvalue weighted by Crippen LogP contribution is -2.33. The number of carbonyl (C=O) groups is 1. The molecule has 1 aromatic carbocycles. The summed E-state index contributed by atoms with van der Waals surface area (Å²) in [6, 6.07) is 10.3. The molecule has 2 heterocycles. The molecule has 0 saturated heterocycles. The first-order valence-electron chi connectivity index (χ1n) is 9.73. The van der Waals surface area contributed by atoms with Crippen molar-refractivity contribution in [2.24, 2.45) is 0 Å². The molecule has 2 aromatic heterocycles. The molecule has 0 aliphatic heterocycles. The van der Waals surface area contributed by atoms with E-state index < -0.39 is 18.3 Å². The maximum atomic E-state index is 13.2. The third-order valence-electron chi connectivity index (χ3n) is 4.11. The zero-order valence-corrected chi connectivity index (χ0v) is 17.4. The van der Waals surface area contributed by atoms with Crippen LogP contribution in [0.1, 0.15) is 6.92 Å². The molecule has 12 heteroatoms.